The lowest BCUT2D eigenvalue weighted by Gasteiger charge is -2.37. The van der Waals surface area contributed by atoms with Gasteiger partial charge in [-0.3, -0.25) is 0 Å². The van der Waals surface area contributed by atoms with Gasteiger partial charge in [-0.2, -0.15) is 0 Å². The van der Waals surface area contributed by atoms with Gasteiger partial charge in [0.15, 0.2) is 0 Å². The molecule has 3 nitrogen and oxygen atoms in total. The first-order valence-electron chi connectivity index (χ1n) is 7.31. The third-order valence-electron chi connectivity index (χ3n) is 3.96. The van der Waals surface area contributed by atoms with E-state index in [2.05, 4.69) is 40.1 Å². The third kappa shape index (κ3) is 3.31. The van der Waals surface area contributed by atoms with Crippen molar-refractivity contribution >= 4 is 23.0 Å². The standard InChI is InChI=1S/C17H20ClN3/c18-15-4-2-6-17(12-15)21-9-7-20(8-10-21)16-5-1-3-14(11-16)13-19/h1-6,11-12H,7-10,13,19H2. The van der Waals surface area contributed by atoms with Gasteiger partial charge in [0.1, 0.15) is 0 Å². The predicted octanol–water partition coefficient (Wildman–Crippen LogP) is 3.13. The topological polar surface area (TPSA) is 32.5 Å². The molecule has 1 saturated heterocycles. The second kappa shape index (κ2) is 6.37. The van der Waals surface area contributed by atoms with Crippen molar-refractivity contribution in [3.8, 4) is 0 Å². The molecule has 0 bridgehead atoms. The summed E-state index contributed by atoms with van der Waals surface area (Å²) in [6.07, 6.45) is 0. The molecule has 1 heterocycles. The van der Waals surface area contributed by atoms with E-state index in [1.165, 1.54) is 16.9 Å². The Labute approximate surface area is 130 Å². The van der Waals surface area contributed by atoms with Gasteiger partial charge in [0.05, 0.1) is 0 Å². The molecular weight excluding hydrogens is 282 g/mol. The lowest BCUT2D eigenvalue weighted by atomic mass is 10.1. The molecule has 0 amide bonds. The summed E-state index contributed by atoms with van der Waals surface area (Å²) in [5, 5.41) is 0.797. The molecule has 3 rings (SSSR count). The molecule has 0 saturated carbocycles. The fraction of sp³-hybridized carbons (Fsp3) is 0.294. The summed E-state index contributed by atoms with van der Waals surface area (Å²) in [7, 11) is 0. The zero-order valence-corrected chi connectivity index (χ0v) is 12.8. The number of hydrogen-bond donors (Lipinski definition) is 1. The molecule has 0 spiro atoms. The van der Waals surface area contributed by atoms with Crippen molar-refractivity contribution in [2.24, 2.45) is 5.73 Å². The summed E-state index contributed by atoms with van der Waals surface area (Å²) in [6.45, 7) is 4.64. The maximum absolute atomic E-state index is 6.07. The molecule has 0 aliphatic carbocycles. The minimum absolute atomic E-state index is 0.594. The van der Waals surface area contributed by atoms with E-state index in [0.29, 0.717) is 6.54 Å². The fourth-order valence-corrected chi connectivity index (χ4v) is 2.96. The first-order valence-corrected chi connectivity index (χ1v) is 7.68. The lowest BCUT2D eigenvalue weighted by molar-refractivity contribution is 0.653. The highest BCUT2D eigenvalue weighted by Gasteiger charge is 2.17. The average Bonchev–Trinajstić information content (AvgIpc) is 2.55. The monoisotopic (exact) mass is 301 g/mol. The minimum Gasteiger partial charge on any atom is -0.368 e. The normalized spacial score (nSPS) is 15.3. The van der Waals surface area contributed by atoms with E-state index in [9.17, 15) is 0 Å². The molecule has 0 atom stereocenters. The Morgan fingerprint density at radius 1 is 0.857 bits per heavy atom. The van der Waals surface area contributed by atoms with Crippen LogP contribution in [-0.4, -0.2) is 26.2 Å². The van der Waals surface area contributed by atoms with Crippen molar-refractivity contribution in [1.82, 2.24) is 0 Å². The van der Waals surface area contributed by atoms with E-state index < -0.39 is 0 Å². The predicted molar refractivity (Wildman–Crippen MR) is 90.2 cm³/mol. The van der Waals surface area contributed by atoms with Gasteiger partial charge in [-0.1, -0.05) is 29.8 Å². The Balaban J connectivity index is 1.67. The van der Waals surface area contributed by atoms with Gasteiger partial charge in [-0.25, -0.2) is 0 Å². The van der Waals surface area contributed by atoms with Gasteiger partial charge in [-0.05, 0) is 35.9 Å². The molecule has 0 aromatic heterocycles. The van der Waals surface area contributed by atoms with Gasteiger partial charge in [0, 0.05) is 49.1 Å². The van der Waals surface area contributed by atoms with Crippen LogP contribution in [-0.2, 0) is 6.54 Å². The molecule has 0 radical (unpaired) electrons. The van der Waals surface area contributed by atoms with E-state index in [4.69, 9.17) is 17.3 Å². The molecule has 0 unspecified atom stereocenters. The van der Waals surface area contributed by atoms with Gasteiger partial charge in [-0.15, -0.1) is 0 Å². The van der Waals surface area contributed by atoms with E-state index >= 15 is 0 Å². The molecule has 1 aliphatic heterocycles. The van der Waals surface area contributed by atoms with E-state index in [1.54, 1.807) is 0 Å². The van der Waals surface area contributed by atoms with Gasteiger partial charge in [0.2, 0.25) is 0 Å². The number of hydrogen-bond acceptors (Lipinski definition) is 3. The number of anilines is 2. The summed E-state index contributed by atoms with van der Waals surface area (Å²) in [6, 6.07) is 16.6. The second-order valence-corrected chi connectivity index (χ2v) is 5.76. The Hall–Kier alpha value is -1.71. The molecule has 4 heteroatoms. The van der Waals surface area contributed by atoms with Crippen LogP contribution in [0.1, 0.15) is 5.56 Å². The van der Waals surface area contributed by atoms with Crippen LogP contribution < -0.4 is 15.5 Å². The van der Waals surface area contributed by atoms with Crippen LogP contribution >= 0.6 is 11.6 Å². The third-order valence-corrected chi connectivity index (χ3v) is 4.20. The molecule has 2 N–H and O–H groups in total. The maximum Gasteiger partial charge on any atom is 0.0426 e. The SMILES string of the molecule is NCc1cccc(N2CCN(c3cccc(Cl)c3)CC2)c1. The molecule has 21 heavy (non-hydrogen) atoms. The number of halogens is 1. The Morgan fingerprint density at radius 3 is 2.00 bits per heavy atom. The first kappa shape index (κ1) is 14.2. The smallest absolute Gasteiger partial charge is 0.0426 e. The highest BCUT2D eigenvalue weighted by molar-refractivity contribution is 6.30. The van der Waals surface area contributed by atoms with Crippen LogP contribution in [0.25, 0.3) is 0 Å². The van der Waals surface area contributed by atoms with E-state index in [0.717, 1.165) is 31.2 Å². The zero-order chi connectivity index (χ0) is 14.7. The number of nitrogens with two attached hydrogens (primary N) is 1. The maximum atomic E-state index is 6.07. The number of benzene rings is 2. The van der Waals surface area contributed by atoms with Crippen LogP contribution in [0.15, 0.2) is 48.5 Å². The average molecular weight is 302 g/mol. The van der Waals surface area contributed by atoms with Gasteiger partial charge < -0.3 is 15.5 Å². The van der Waals surface area contributed by atoms with Crippen LogP contribution in [0.3, 0.4) is 0 Å². The second-order valence-electron chi connectivity index (χ2n) is 5.33. The number of rotatable bonds is 3. The fourth-order valence-electron chi connectivity index (χ4n) is 2.78. The molecule has 2 aromatic rings. The van der Waals surface area contributed by atoms with Crippen molar-refractivity contribution in [2.75, 3.05) is 36.0 Å². The molecular formula is C17H20ClN3. The summed E-state index contributed by atoms with van der Waals surface area (Å²) >= 11 is 6.07. The van der Waals surface area contributed by atoms with Crippen LogP contribution in [0.4, 0.5) is 11.4 Å². The van der Waals surface area contributed by atoms with Gasteiger partial charge in [0.25, 0.3) is 0 Å². The minimum atomic E-state index is 0.594. The number of nitrogens with zero attached hydrogens (tertiary/aromatic N) is 2. The van der Waals surface area contributed by atoms with Crippen molar-refractivity contribution in [2.45, 2.75) is 6.54 Å². The summed E-state index contributed by atoms with van der Waals surface area (Å²) in [5.41, 5.74) is 9.38. The van der Waals surface area contributed by atoms with Crippen LogP contribution in [0.2, 0.25) is 5.02 Å². The molecule has 1 aliphatic rings. The van der Waals surface area contributed by atoms with Crippen molar-refractivity contribution in [3.05, 3.63) is 59.1 Å². The highest BCUT2D eigenvalue weighted by Crippen LogP contribution is 2.23. The Kier molecular flexibility index (Phi) is 4.32. The van der Waals surface area contributed by atoms with Crippen LogP contribution in [0, 0.1) is 0 Å². The summed E-state index contributed by atoms with van der Waals surface area (Å²) in [4.78, 5) is 4.80. The Bertz CT molecular complexity index is 606. The van der Waals surface area contributed by atoms with Crippen LogP contribution in [0.5, 0.6) is 0 Å². The first-order chi connectivity index (χ1) is 10.3. The quantitative estimate of drug-likeness (QED) is 0.945. The molecule has 2 aromatic carbocycles. The Morgan fingerprint density at radius 2 is 1.43 bits per heavy atom. The largest absolute Gasteiger partial charge is 0.368 e. The molecule has 1 fully saturated rings. The summed E-state index contributed by atoms with van der Waals surface area (Å²) in [5.74, 6) is 0. The number of piperazine rings is 1. The van der Waals surface area contributed by atoms with E-state index in [-0.39, 0.29) is 0 Å². The highest BCUT2D eigenvalue weighted by atomic mass is 35.5. The van der Waals surface area contributed by atoms with Crippen molar-refractivity contribution in [1.29, 1.82) is 0 Å². The molecule has 110 valence electrons. The zero-order valence-electron chi connectivity index (χ0n) is 12.0. The van der Waals surface area contributed by atoms with Crippen molar-refractivity contribution in [3.63, 3.8) is 0 Å². The summed E-state index contributed by atoms with van der Waals surface area (Å²) < 4.78 is 0. The van der Waals surface area contributed by atoms with Crippen molar-refractivity contribution < 1.29 is 0 Å². The lowest BCUT2D eigenvalue weighted by Crippen LogP contribution is -2.46. The van der Waals surface area contributed by atoms with E-state index in [1.807, 2.05) is 18.2 Å². The van der Waals surface area contributed by atoms with Gasteiger partial charge >= 0.3 is 0 Å².